The number of quaternary nitrogens is 1. The van der Waals surface area contributed by atoms with E-state index in [-0.39, 0.29) is 11.9 Å². The molecule has 2 aromatic carbocycles. The average molecular weight is 369 g/mol. The van der Waals surface area contributed by atoms with Crippen molar-refractivity contribution in [3.8, 4) is 0 Å². The number of fused-ring (bicyclic) bond motifs is 1. The number of aromatic nitrogens is 1. The van der Waals surface area contributed by atoms with Gasteiger partial charge in [0.05, 0.1) is 17.3 Å². The predicted octanol–water partition coefficient (Wildman–Crippen LogP) is 2.92. The smallest absolute Gasteiger partial charge is 0.278 e. The van der Waals surface area contributed by atoms with Gasteiger partial charge in [-0.3, -0.25) is 4.79 Å². The molecule has 0 radical (unpaired) electrons. The molecule has 1 aromatic heterocycles. The van der Waals surface area contributed by atoms with E-state index in [1.54, 1.807) is 11.3 Å². The van der Waals surface area contributed by atoms with Gasteiger partial charge in [0.15, 0.2) is 11.6 Å². The van der Waals surface area contributed by atoms with Crippen LogP contribution in [0.1, 0.15) is 30.5 Å². The van der Waals surface area contributed by atoms with Crippen molar-refractivity contribution in [1.82, 2.24) is 9.88 Å². The van der Waals surface area contributed by atoms with E-state index in [4.69, 9.17) is 4.98 Å². The van der Waals surface area contributed by atoms with E-state index in [1.807, 2.05) is 48.2 Å². The van der Waals surface area contributed by atoms with E-state index in [0.717, 1.165) is 17.1 Å². The molecule has 0 aliphatic carbocycles. The zero-order valence-electron chi connectivity index (χ0n) is 15.6. The van der Waals surface area contributed by atoms with Gasteiger partial charge in [0.1, 0.15) is 6.04 Å². The van der Waals surface area contributed by atoms with Crippen LogP contribution < -0.4 is 4.90 Å². The number of benzene rings is 2. The first kappa shape index (κ1) is 18.5. The van der Waals surface area contributed by atoms with Crippen molar-refractivity contribution in [3.63, 3.8) is 0 Å². The second-order valence-corrected chi connectivity index (χ2v) is 7.72. The fourth-order valence-electron chi connectivity index (χ4n) is 2.97. The Bertz CT molecular complexity index is 829. The minimum atomic E-state index is 0.182. The highest BCUT2D eigenvalue weighted by molar-refractivity contribution is 7.18. The first-order valence-electron chi connectivity index (χ1n) is 9.08. The second kappa shape index (κ2) is 8.43. The number of hydrogen-bond acceptors (Lipinski definition) is 3. The summed E-state index contributed by atoms with van der Waals surface area (Å²) in [5.41, 5.74) is 2.21. The summed E-state index contributed by atoms with van der Waals surface area (Å²) in [5.74, 6) is 0.182. The number of carbonyl (C=O) groups excluding carboxylic acids is 1. The lowest BCUT2D eigenvalue weighted by molar-refractivity contribution is -0.902. The van der Waals surface area contributed by atoms with E-state index in [2.05, 4.69) is 32.2 Å². The standard InChI is InChI=1S/C21H25N3OS/c1-4-24(14-17-10-6-5-7-11-17)20(25)15-23(3)16(2)21-22-18-12-8-9-13-19(18)26-21/h5-13,16H,4,14-15H2,1-3H3/p+1/t16-/m0/s1. The summed E-state index contributed by atoms with van der Waals surface area (Å²) in [4.78, 5) is 20.6. The third-order valence-corrected chi connectivity index (χ3v) is 6.02. The van der Waals surface area contributed by atoms with Gasteiger partial charge in [-0.1, -0.05) is 42.5 Å². The van der Waals surface area contributed by atoms with Gasteiger partial charge >= 0.3 is 0 Å². The molecule has 0 saturated carbocycles. The van der Waals surface area contributed by atoms with Crippen molar-refractivity contribution in [2.24, 2.45) is 0 Å². The lowest BCUT2D eigenvalue weighted by Gasteiger charge is -2.25. The van der Waals surface area contributed by atoms with Gasteiger partial charge in [-0.15, -0.1) is 11.3 Å². The largest absolute Gasteiger partial charge is 0.334 e. The molecule has 2 atom stereocenters. The Morgan fingerprint density at radius 2 is 1.85 bits per heavy atom. The topological polar surface area (TPSA) is 37.6 Å². The summed E-state index contributed by atoms with van der Waals surface area (Å²) in [5, 5.41) is 1.09. The maximum absolute atomic E-state index is 12.8. The van der Waals surface area contributed by atoms with E-state index >= 15 is 0 Å². The summed E-state index contributed by atoms with van der Waals surface area (Å²) >= 11 is 1.72. The zero-order valence-corrected chi connectivity index (χ0v) is 16.4. The van der Waals surface area contributed by atoms with Crippen LogP contribution >= 0.6 is 11.3 Å². The van der Waals surface area contributed by atoms with Gasteiger partial charge in [-0.2, -0.15) is 0 Å². The summed E-state index contributed by atoms with van der Waals surface area (Å²) < 4.78 is 1.20. The van der Waals surface area contributed by atoms with Gasteiger partial charge in [0, 0.05) is 13.1 Å². The van der Waals surface area contributed by atoms with Crippen LogP contribution in [0.4, 0.5) is 0 Å². The van der Waals surface area contributed by atoms with Gasteiger partial charge < -0.3 is 9.80 Å². The van der Waals surface area contributed by atoms with E-state index in [0.29, 0.717) is 13.1 Å². The Hall–Kier alpha value is -2.24. The molecule has 4 nitrogen and oxygen atoms in total. The minimum Gasteiger partial charge on any atom is -0.334 e. The number of rotatable bonds is 7. The number of likely N-dealkylation sites (N-methyl/N-ethyl adjacent to an activating group) is 2. The molecule has 0 saturated heterocycles. The number of nitrogens with zero attached hydrogens (tertiary/aromatic N) is 2. The highest BCUT2D eigenvalue weighted by Gasteiger charge is 2.24. The monoisotopic (exact) mass is 368 g/mol. The fraction of sp³-hybridized carbons (Fsp3) is 0.333. The van der Waals surface area contributed by atoms with Gasteiger partial charge in [0.25, 0.3) is 5.91 Å². The fourth-order valence-corrected chi connectivity index (χ4v) is 4.08. The molecule has 3 rings (SSSR count). The molecule has 3 aromatic rings. The summed E-state index contributed by atoms with van der Waals surface area (Å²) in [7, 11) is 2.07. The molecule has 1 heterocycles. The van der Waals surface area contributed by atoms with Crippen molar-refractivity contribution in [1.29, 1.82) is 0 Å². The first-order valence-corrected chi connectivity index (χ1v) is 9.89. The van der Waals surface area contributed by atoms with Crippen LogP contribution in [-0.2, 0) is 11.3 Å². The number of amides is 1. The van der Waals surface area contributed by atoms with Crippen molar-refractivity contribution in [3.05, 3.63) is 65.2 Å². The van der Waals surface area contributed by atoms with Crippen molar-refractivity contribution in [2.45, 2.75) is 26.4 Å². The maximum atomic E-state index is 12.8. The molecule has 0 aliphatic rings. The third kappa shape index (κ3) is 4.29. The molecule has 1 N–H and O–H groups in total. The van der Waals surface area contributed by atoms with Crippen molar-refractivity contribution < 1.29 is 9.69 Å². The molecule has 5 heteroatoms. The van der Waals surface area contributed by atoms with Crippen LogP contribution in [-0.4, -0.2) is 35.9 Å². The summed E-state index contributed by atoms with van der Waals surface area (Å²) in [6, 6.07) is 18.5. The predicted molar refractivity (Wildman–Crippen MR) is 107 cm³/mol. The average Bonchev–Trinajstić information content (AvgIpc) is 3.10. The van der Waals surface area contributed by atoms with Crippen LogP contribution in [0.5, 0.6) is 0 Å². The van der Waals surface area contributed by atoms with E-state index in [1.165, 1.54) is 15.2 Å². The summed E-state index contributed by atoms with van der Waals surface area (Å²) in [6.07, 6.45) is 0. The first-order chi connectivity index (χ1) is 12.6. The molecular formula is C21H26N3OS+. The van der Waals surface area contributed by atoms with Gasteiger partial charge in [-0.25, -0.2) is 4.98 Å². The number of thiazole rings is 1. The van der Waals surface area contributed by atoms with Crippen LogP contribution in [0.25, 0.3) is 10.2 Å². The molecule has 26 heavy (non-hydrogen) atoms. The molecule has 1 unspecified atom stereocenters. The molecular weight excluding hydrogens is 342 g/mol. The highest BCUT2D eigenvalue weighted by atomic mass is 32.1. The Labute approximate surface area is 159 Å². The van der Waals surface area contributed by atoms with Crippen LogP contribution in [0.3, 0.4) is 0 Å². The summed E-state index contributed by atoms with van der Waals surface area (Å²) in [6.45, 7) is 6.04. The van der Waals surface area contributed by atoms with Crippen molar-refractivity contribution in [2.75, 3.05) is 20.1 Å². The Kier molecular flexibility index (Phi) is 6.01. The maximum Gasteiger partial charge on any atom is 0.278 e. The van der Waals surface area contributed by atoms with Crippen LogP contribution in [0.15, 0.2) is 54.6 Å². The highest BCUT2D eigenvalue weighted by Crippen LogP contribution is 2.24. The zero-order chi connectivity index (χ0) is 18.5. The number of carbonyl (C=O) groups is 1. The molecule has 0 fully saturated rings. The van der Waals surface area contributed by atoms with Gasteiger partial charge in [-0.05, 0) is 31.5 Å². The van der Waals surface area contributed by atoms with Crippen LogP contribution in [0.2, 0.25) is 0 Å². The quantitative estimate of drug-likeness (QED) is 0.696. The Morgan fingerprint density at radius 3 is 2.54 bits per heavy atom. The number of nitrogens with one attached hydrogen (secondary N) is 1. The Balaban J connectivity index is 1.65. The molecule has 0 bridgehead atoms. The number of para-hydroxylation sites is 1. The van der Waals surface area contributed by atoms with E-state index in [9.17, 15) is 4.79 Å². The SMILES string of the molecule is CCN(Cc1ccccc1)C(=O)C[NH+](C)[C@@H](C)c1nc2ccccc2s1. The lowest BCUT2D eigenvalue weighted by atomic mass is 10.2. The normalized spacial score (nSPS) is 13.5. The third-order valence-electron chi connectivity index (χ3n) is 4.80. The lowest BCUT2D eigenvalue weighted by Crippen LogP contribution is -3.10. The van der Waals surface area contributed by atoms with Crippen LogP contribution in [0, 0.1) is 0 Å². The second-order valence-electron chi connectivity index (χ2n) is 6.66. The molecule has 0 aliphatic heterocycles. The minimum absolute atomic E-state index is 0.182. The molecule has 0 spiro atoms. The van der Waals surface area contributed by atoms with E-state index < -0.39 is 0 Å². The Morgan fingerprint density at radius 1 is 1.15 bits per heavy atom. The van der Waals surface area contributed by atoms with Crippen molar-refractivity contribution >= 4 is 27.5 Å². The van der Waals surface area contributed by atoms with Gasteiger partial charge in [0.2, 0.25) is 0 Å². The molecule has 1 amide bonds. The molecule has 136 valence electrons. The number of hydrogen-bond donors (Lipinski definition) is 1.